The fourth-order valence-electron chi connectivity index (χ4n) is 1.60. The Morgan fingerprint density at radius 2 is 2.33 bits per heavy atom. The molecule has 1 saturated heterocycles. The van der Waals surface area contributed by atoms with Crippen molar-refractivity contribution in [1.82, 2.24) is 9.71 Å². The first kappa shape index (κ1) is 13.7. The minimum Gasteiger partial charge on any atom is -0.388 e. The minimum absolute atomic E-state index is 0.00950. The Morgan fingerprint density at radius 3 is 2.83 bits per heavy atom. The lowest BCUT2D eigenvalue weighted by molar-refractivity contribution is 0.562. The van der Waals surface area contributed by atoms with Crippen molar-refractivity contribution in [3.8, 4) is 0 Å². The molecule has 1 aliphatic heterocycles. The van der Waals surface area contributed by atoms with Gasteiger partial charge >= 0.3 is 0 Å². The van der Waals surface area contributed by atoms with Gasteiger partial charge in [-0.15, -0.1) is 0 Å². The van der Waals surface area contributed by atoms with Crippen LogP contribution in [0.4, 0.5) is 0 Å². The van der Waals surface area contributed by atoms with Crippen LogP contribution in [0.25, 0.3) is 0 Å². The van der Waals surface area contributed by atoms with Gasteiger partial charge in [0.2, 0.25) is 10.0 Å². The number of pyridine rings is 1. The van der Waals surface area contributed by atoms with Gasteiger partial charge in [-0.25, -0.2) is 13.1 Å². The molecule has 0 spiro atoms. The van der Waals surface area contributed by atoms with Crippen molar-refractivity contribution in [2.45, 2.75) is 17.4 Å². The van der Waals surface area contributed by atoms with Crippen LogP contribution >= 0.6 is 24.0 Å². The number of rotatable bonds is 4. The van der Waals surface area contributed by atoms with E-state index in [4.69, 9.17) is 18.0 Å². The van der Waals surface area contributed by atoms with Gasteiger partial charge in [0, 0.05) is 18.0 Å². The molecule has 0 radical (unpaired) electrons. The summed E-state index contributed by atoms with van der Waals surface area (Å²) >= 11 is 6.51. The standard InChI is InChI=1S/C10H13N3O2S3/c11-10(16)9-2-1-8(5-12-9)18(14,15)13-7-3-4-17-6-7/h1-2,5,7,13H,3-4,6H2,(H2,11,16). The first-order valence-corrected chi connectivity index (χ1v) is 8.39. The highest BCUT2D eigenvalue weighted by molar-refractivity contribution is 7.99. The van der Waals surface area contributed by atoms with E-state index in [0.29, 0.717) is 5.69 Å². The van der Waals surface area contributed by atoms with Gasteiger partial charge in [0.05, 0.1) is 5.69 Å². The molecule has 1 atom stereocenters. The van der Waals surface area contributed by atoms with E-state index >= 15 is 0 Å². The molecule has 2 heterocycles. The van der Waals surface area contributed by atoms with Crippen LogP contribution in [0.1, 0.15) is 12.1 Å². The van der Waals surface area contributed by atoms with Gasteiger partial charge in [-0.2, -0.15) is 11.8 Å². The number of nitrogens with one attached hydrogen (secondary N) is 1. The van der Waals surface area contributed by atoms with Gasteiger partial charge in [0.25, 0.3) is 0 Å². The van der Waals surface area contributed by atoms with Crippen molar-refractivity contribution in [3.05, 3.63) is 24.0 Å². The summed E-state index contributed by atoms with van der Waals surface area (Å²) in [6.07, 6.45) is 2.14. The normalized spacial score (nSPS) is 19.9. The van der Waals surface area contributed by atoms with Crippen molar-refractivity contribution in [2.75, 3.05) is 11.5 Å². The summed E-state index contributed by atoms with van der Waals surface area (Å²) in [7, 11) is -3.50. The SMILES string of the molecule is NC(=S)c1ccc(S(=O)(=O)NC2CCSC2)cn1. The Morgan fingerprint density at radius 1 is 1.56 bits per heavy atom. The van der Waals surface area contributed by atoms with Gasteiger partial charge in [-0.05, 0) is 24.3 Å². The molecule has 8 heteroatoms. The molecule has 1 aromatic heterocycles. The maximum atomic E-state index is 12.0. The molecular formula is C10H13N3O2S3. The molecule has 0 aromatic carbocycles. The van der Waals surface area contributed by atoms with Gasteiger partial charge in [-0.1, -0.05) is 12.2 Å². The van der Waals surface area contributed by atoms with E-state index in [2.05, 4.69) is 9.71 Å². The van der Waals surface area contributed by atoms with Crippen LogP contribution in [0.5, 0.6) is 0 Å². The van der Waals surface area contributed by atoms with Crippen LogP contribution in [-0.2, 0) is 10.0 Å². The first-order chi connectivity index (χ1) is 8.49. The average Bonchev–Trinajstić information content (AvgIpc) is 2.81. The van der Waals surface area contributed by atoms with E-state index < -0.39 is 10.0 Å². The summed E-state index contributed by atoms with van der Waals surface area (Å²) < 4.78 is 26.8. The fraction of sp³-hybridized carbons (Fsp3) is 0.400. The largest absolute Gasteiger partial charge is 0.388 e. The van der Waals surface area contributed by atoms with Crippen LogP contribution in [-0.4, -0.2) is 35.9 Å². The Bertz CT molecular complexity index is 536. The molecule has 1 aliphatic rings. The zero-order chi connectivity index (χ0) is 13.2. The zero-order valence-corrected chi connectivity index (χ0v) is 11.9. The highest BCUT2D eigenvalue weighted by Crippen LogP contribution is 2.19. The average molecular weight is 303 g/mol. The predicted octanol–water partition coefficient (Wildman–Crippen LogP) is 0.500. The molecule has 1 fully saturated rings. The third-order valence-corrected chi connectivity index (χ3v) is 5.43. The van der Waals surface area contributed by atoms with Crippen LogP contribution in [0.3, 0.4) is 0 Å². The van der Waals surface area contributed by atoms with Crippen molar-refractivity contribution in [3.63, 3.8) is 0 Å². The summed E-state index contributed by atoms with van der Waals surface area (Å²) in [5.74, 6) is 1.81. The Labute approximate surface area is 116 Å². The topological polar surface area (TPSA) is 85.1 Å². The van der Waals surface area contributed by atoms with Crippen LogP contribution in [0.15, 0.2) is 23.2 Å². The van der Waals surface area contributed by atoms with Gasteiger partial charge in [-0.3, -0.25) is 4.98 Å². The molecule has 1 unspecified atom stereocenters. The summed E-state index contributed by atoms with van der Waals surface area (Å²) in [5.41, 5.74) is 5.82. The molecule has 0 bridgehead atoms. The van der Waals surface area contributed by atoms with Crippen molar-refractivity contribution in [1.29, 1.82) is 0 Å². The summed E-state index contributed by atoms with van der Waals surface area (Å²) in [6, 6.07) is 2.99. The van der Waals surface area contributed by atoms with Crippen LogP contribution < -0.4 is 10.5 Å². The molecule has 2 rings (SSSR count). The first-order valence-electron chi connectivity index (χ1n) is 5.35. The summed E-state index contributed by atoms with van der Waals surface area (Å²) in [6.45, 7) is 0. The Balaban J connectivity index is 2.16. The van der Waals surface area contributed by atoms with E-state index in [0.717, 1.165) is 17.9 Å². The maximum Gasteiger partial charge on any atom is 0.242 e. The quantitative estimate of drug-likeness (QED) is 0.788. The van der Waals surface area contributed by atoms with Crippen molar-refractivity contribution >= 4 is 39.0 Å². The molecule has 5 nitrogen and oxygen atoms in total. The van der Waals surface area contributed by atoms with E-state index in [9.17, 15) is 8.42 Å². The predicted molar refractivity (Wildman–Crippen MR) is 76.2 cm³/mol. The lowest BCUT2D eigenvalue weighted by atomic mass is 10.3. The number of nitrogens with zero attached hydrogens (tertiary/aromatic N) is 1. The van der Waals surface area contributed by atoms with E-state index in [1.807, 2.05) is 0 Å². The zero-order valence-electron chi connectivity index (χ0n) is 9.50. The van der Waals surface area contributed by atoms with Crippen LogP contribution in [0, 0.1) is 0 Å². The summed E-state index contributed by atoms with van der Waals surface area (Å²) in [5, 5.41) is 0. The second-order valence-electron chi connectivity index (χ2n) is 3.93. The number of hydrogen-bond acceptors (Lipinski definition) is 5. The number of aromatic nitrogens is 1. The number of thioether (sulfide) groups is 1. The summed E-state index contributed by atoms with van der Waals surface area (Å²) in [4.78, 5) is 4.22. The third kappa shape index (κ3) is 3.19. The second-order valence-corrected chi connectivity index (χ2v) is 7.23. The minimum atomic E-state index is -3.50. The number of sulfonamides is 1. The van der Waals surface area contributed by atoms with Gasteiger partial charge < -0.3 is 5.73 Å². The highest BCUT2D eigenvalue weighted by Gasteiger charge is 2.23. The van der Waals surface area contributed by atoms with Crippen molar-refractivity contribution < 1.29 is 8.42 Å². The molecule has 18 heavy (non-hydrogen) atoms. The third-order valence-electron chi connectivity index (χ3n) is 2.55. The Hall–Kier alpha value is -0.700. The van der Waals surface area contributed by atoms with Gasteiger partial charge in [0.1, 0.15) is 9.88 Å². The van der Waals surface area contributed by atoms with Crippen molar-refractivity contribution in [2.24, 2.45) is 5.73 Å². The maximum absolute atomic E-state index is 12.0. The molecular weight excluding hydrogens is 290 g/mol. The number of nitrogens with two attached hydrogens (primary N) is 1. The smallest absolute Gasteiger partial charge is 0.242 e. The molecule has 98 valence electrons. The van der Waals surface area contributed by atoms with E-state index in [1.165, 1.54) is 18.3 Å². The number of hydrogen-bond donors (Lipinski definition) is 2. The lowest BCUT2D eigenvalue weighted by Crippen LogP contribution is -2.34. The van der Waals surface area contributed by atoms with Crippen LogP contribution in [0.2, 0.25) is 0 Å². The van der Waals surface area contributed by atoms with E-state index in [1.54, 1.807) is 11.8 Å². The lowest BCUT2D eigenvalue weighted by Gasteiger charge is -2.11. The Kier molecular flexibility index (Phi) is 4.21. The number of thiocarbonyl (C=S) groups is 1. The molecule has 1 aromatic rings. The monoisotopic (exact) mass is 303 g/mol. The van der Waals surface area contributed by atoms with E-state index in [-0.39, 0.29) is 15.9 Å². The molecule has 0 saturated carbocycles. The molecule has 0 amide bonds. The molecule has 3 N–H and O–H groups in total. The second kappa shape index (κ2) is 5.52. The highest BCUT2D eigenvalue weighted by atomic mass is 32.2. The molecule has 0 aliphatic carbocycles. The van der Waals surface area contributed by atoms with Gasteiger partial charge in [0.15, 0.2) is 0 Å². The fourth-order valence-corrected chi connectivity index (χ4v) is 4.19.